The van der Waals surface area contributed by atoms with E-state index in [-0.39, 0.29) is 4.46 Å². The zero-order valence-corrected chi connectivity index (χ0v) is 18.5. The van der Waals surface area contributed by atoms with Crippen LogP contribution in [-0.4, -0.2) is 56.7 Å². The Kier molecular flexibility index (Phi) is 8.23. The molecule has 0 fully saturated rings. The SMILES string of the molecule is CCO/C(=C(\[Se]c1ccccc1)C(O)C(C)(C)C)C(F)(F)C(F)(F)C(F)(F)C(F)(F)F. The summed E-state index contributed by atoms with van der Waals surface area (Å²) in [5.41, 5.74) is -1.26. The summed E-state index contributed by atoms with van der Waals surface area (Å²) in [5, 5.41) is 10.6. The van der Waals surface area contributed by atoms with Gasteiger partial charge in [0.15, 0.2) is 0 Å². The van der Waals surface area contributed by atoms with Crippen molar-refractivity contribution in [1.29, 1.82) is 0 Å². The zero-order chi connectivity index (χ0) is 24.5. The van der Waals surface area contributed by atoms with Crippen molar-refractivity contribution >= 4 is 19.4 Å². The molecule has 0 aliphatic rings. The number of allylic oxidation sites excluding steroid dienone is 1. The molecule has 0 aromatic heterocycles. The van der Waals surface area contributed by atoms with Gasteiger partial charge in [-0.2, -0.15) is 0 Å². The van der Waals surface area contributed by atoms with E-state index < -0.39 is 67.3 Å². The Morgan fingerprint density at radius 2 is 1.39 bits per heavy atom. The molecule has 0 heterocycles. The van der Waals surface area contributed by atoms with Gasteiger partial charge < -0.3 is 0 Å². The molecular weight excluding hydrogens is 510 g/mol. The first-order valence-electron chi connectivity index (χ1n) is 8.81. The molecule has 0 saturated carbocycles. The van der Waals surface area contributed by atoms with Crippen molar-refractivity contribution in [3.05, 3.63) is 40.6 Å². The first kappa shape index (κ1) is 27.6. The molecule has 0 aliphatic heterocycles. The number of ether oxygens (including phenoxy) is 1. The molecule has 0 saturated heterocycles. The summed E-state index contributed by atoms with van der Waals surface area (Å²) in [7, 11) is 0. The first-order valence-corrected chi connectivity index (χ1v) is 10.5. The standard InChI is InChI=1S/C19H21F9O2Se/c1-5-30-14(16(20,21)17(22,23)18(24,25)19(26,27)28)12(13(29)15(2,3)4)31-11-9-7-6-8-10-11/h6-10,13,29H,5H2,1-4H3/b14-12-. The summed E-state index contributed by atoms with van der Waals surface area (Å²) in [6.07, 6.45) is -8.86. The van der Waals surface area contributed by atoms with Crippen molar-refractivity contribution < 1.29 is 49.4 Å². The van der Waals surface area contributed by atoms with Gasteiger partial charge in [-0.15, -0.1) is 0 Å². The second kappa shape index (κ2) is 9.23. The Morgan fingerprint density at radius 3 is 1.77 bits per heavy atom. The molecular formula is C19H21F9O2Se. The van der Waals surface area contributed by atoms with E-state index in [1.807, 2.05) is 0 Å². The molecule has 1 unspecified atom stereocenters. The summed E-state index contributed by atoms with van der Waals surface area (Å²) < 4.78 is 126. The molecule has 0 amide bonds. The molecule has 0 bridgehead atoms. The third-order valence-corrected chi connectivity index (χ3v) is 6.37. The normalized spacial score (nSPS) is 16.1. The van der Waals surface area contributed by atoms with Crippen molar-refractivity contribution in [2.45, 2.75) is 57.7 Å². The van der Waals surface area contributed by atoms with Crippen LogP contribution in [0.4, 0.5) is 39.5 Å². The van der Waals surface area contributed by atoms with Gasteiger partial charge in [0.1, 0.15) is 0 Å². The summed E-state index contributed by atoms with van der Waals surface area (Å²) in [6, 6.07) is 7.31. The summed E-state index contributed by atoms with van der Waals surface area (Å²) >= 11 is -1.37. The molecule has 0 spiro atoms. The van der Waals surface area contributed by atoms with Crippen LogP contribution in [-0.2, 0) is 4.74 Å². The van der Waals surface area contributed by atoms with Crippen LogP contribution in [0.2, 0.25) is 0 Å². The molecule has 1 aromatic rings. The van der Waals surface area contributed by atoms with Gasteiger partial charge in [0.05, 0.1) is 0 Å². The number of rotatable bonds is 8. The molecule has 178 valence electrons. The first-order chi connectivity index (χ1) is 13.8. The van der Waals surface area contributed by atoms with Gasteiger partial charge >= 0.3 is 179 Å². The van der Waals surface area contributed by atoms with Crippen LogP contribution in [0.5, 0.6) is 0 Å². The van der Waals surface area contributed by atoms with E-state index in [2.05, 4.69) is 4.74 Å². The molecule has 1 rings (SSSR count). The van der Waals surface area contributed by atoms with Crippen LogP contribution in [0.1, 0.15) is 27.7 Å². The van der Waals surface area contributed by atoms with Gasteiger partial charge in [0.2, 0.25) is 0 Å². The molecule has 1 N–H and O–H groups in total. The Balaban J connectivity index is 3.84. The van der Waals surface area contributed by atoms with Gasteiger partial charge in [-0.1, -0.05) is 0 Å². The van der Waals surface area contributed by atoms with Gasteiger partial charge in [0, 0.05) is 0 Å². The molecule has 1 aromatic carbocycles. The van der Waals surface area contributed by atoms with Crippen molar-refractivity contribution in [3.63, 3.8) is 0 Å². The number of aliphatic hydroxyl groups excluding tert-OH is 1. The minimum atomic E-state index is -7.07. The molecule has 12 heteroatoms. The van der Waals surface area contributed by atoms with Crippen LogP contribution in [0.25, 0.3) is 0 Å². The quantitative estimate of drug-likeness (QED) is 0.286. The number of alkyl halides is 9. The van der Waals surface area contributed by atoms with Crippen LogP contribution in [0, 0.1) is 5.41 Å². The average Bonchev–Trinajstić information content (AvgIpc) is 2.62. The third-order valence-electron chi connectivity index (χ3n) is 3.98. The molecule has 2 nitrogen and oxygen atoms in total. The zero-order valence-electron chi connectivity index (χ0n) is 16.8. The van der Waals surface area contributed by atoms with Crippen LogP contribution in [0.3, 0.4) is 0 Å². The van der Waals surface area contributed by atoms with E-state index in [1.165, 1.54) is 45.0 Å². The molecule has 0 aliphatic carbocycles. The second-order valence-electron chi connectivity index (χ2n) is 7.53. The Hall–Kier alpha value is -1.39. The summed E-state index contributed by atoms with van der Waals surface area (Å²) in [5.74, 6) is -22.1. The Labute approximate surface area is 179 Å². The van der Waals surface area contributed by atoms with E-state index in [0.717, 1.165) is 6.92 Å². The average molecular weight is 531 g/mol. The molecule has 1 atom stereocenters. The predicted octanol–water partition coefficient (Wildman–Crippen LogP) is 5.14. The fourth-order valence-electron chi connectivity index (χ4n) is 2.21. The number of aliphatic hydroxyl groups is 1. The van der Waals surface area contributed by atoms with E-state index in [9.17, 15) is 44.6 Å². The van der Waals surface area contributed by atoms with E-state index in [0.29, 0.717) is 0 Å². The van der Waals surface area contributed by atoms with Crippen LogP contribution >= 0.6 is 0 Å². The van der Waals surface area contributed by atoms with Gasteiger partial charge in [0.25, 0.3) is 0 Å². The Bertz CT molecular complexity index is 769. The predicted molar refractivity (Wildman–Crippen MR) is 96.8 cm³/mol. The van der Waals surface area contributed by atoms with Crippen LogP contribution in [0.15, 0.2) is 40.6 Å². The minimum absolute atomic E-state index is 0.271. The second-order valence-corrected chi connectivity index (χ2v) is 9.87. The van der Waals surface area contributed by atoms with Crippen LogP contribution < -0.4 is 4.46 Å². The maximum atomic E-state index is 14.8. The van der Waals surface area contributed by atoms with E-state index in [4.69, 9.17) is 0 Å². The summed E-state index contributed by atoms with van der Waals surface area (Å²) in [4.78, 5) is 0. The number of hydrogen-bond donors (Lipinski definition) is 1. The molecule has 0 radical (unpaired) electrons. The summed E-state index contributed by atoms with van der Waals surface area (Å²) in [6.45, 7) is 4.37. The fraction of sp³-hybridized carbons (Fsp3) is 0.579. The van der Waals surface area contributed by atoms with Crippen molar-refractivity contribution in [1.82, 2.24) is 0 Å². The number of hydrogen-bond acceptors (Lipinski definition) is 2. The number of benzene rings is 1. The molecule has 31 heavy (non-hydrogen) atoms. The third kappa shape index (κ3) is 5.51. The maximum absolute atomic E-state index is 14.8. The van der Waals surface area contributed by atoms with Gasteiger partial charge in [-0.05, 0) is 0 Å². The topological polar surface area (TPSA) is 29.5 Å². The fourth-order valence-corrected chi connectivity index (χ4v) is 4.92. The van der Waals surface area contributed by atoms with Gasteiger partial charge in [-0.25, -0.2) is 0 Å². The van der Waals surface area contributed by atoms with Crippen molar-refractivity contribution in [2.75, 3.05) is 6.61 Å². The Morgan fingerprint density at radius 1 is 0.903 bits per heavy atom. The number of halogens is 9. The monoisotopic (exact) mass is 532 g/mol. The van der Waals surface area contributed by atoms with Crippen molar-refractivity contribution in [3.8, 4) is 0 Å². The van der Waals surface area contributed by atoms with Gasteiger partial charge in [-0.3, -0.25) is 0 Å². The van der Waals surface area contributed by atoms with E-state index in [1.54, 1.807) is 6.07 Å². The van der Waals surface area contributed by atoms with E-state index >= 15 is 0 Å². The van der Waals surface area contributed by atoms with Crippen molar-refractivity contribution in [2.24, 2.45) is 5.41 Å².